The summed E-state index contributed by atoms with van der Waals surface area (Å²) >= 11 is 6.16. The second kappa shape index (κ2) is 6.28. The van der Waals surface area contributed by atoms with E-state index in [9.17, 15) is 0 Å². The highest BCUT2D eigenvalue weighted by Crippen LogP contribution is 2.34. The second-order valence-electron chi connectivity index (χ2n) is 5.84. The molecule has 0 fully saturated rings. The SMILES string of the molecule is COc1c(Cl)cccc1-c1noc(Cc2n[nH]c3c2CCCC3)n1. The lowest BCUT2D eigenvalue weighted by Gasteiger charge is -2.10. The summed E-state index contributed by atoms with van der Waals surface area (Å²) in [7, 11) is 1.57. The van der Waals surface area contributed by atoms with Gasteiger partial charge in [-0.15, -0.1) is 0 Å². The molecule has 0 saturated carbocycles. The number of nitrogens with one attached hydrogen (secondary N) is 1. The van der Waals surface area contributed by atoms with Gasteiger partial charge in [0.05, 0.1) is 29.8 Å². The van der Waals surface area contributed by atoms with E-state index in [-0.39, 0.29) is 0 Å². The van der Waals surface area contributed by atoms with Crippen LogP contribution < -0.4 is 4.74 Å². The van der Waals surface area contributed by atoms with Gasteiger partial charge >= 0.3 is 0 Å². The number of methoxy groups -OCH3 is 1. The van der Waals surface area contributed by atoms with E-state index in [1.54, 1.807) is 13.2 Å². The summed E-state index contributed by atoms with van der Waals surface area (Å²) in [6.45, 7) is 0. The fourth-order valence-corrected chi connectivity index (χ4v) is 3.42. The number of rotatable bonds is 4. The van der Waals surface area contributed by atoms with Gasteiger partial charge in [0.15, 0.2) is 0 Å². The highest BCUT2D eigenvalue weighted by molar-refractivity contribution is 6.32. The fraction of sp³-hybridized carbons (Fsp3) is 0.353. The molecule has 24 heavy (non-hydrogen) atoms. The van der Waals surface area contributed by atoms with Crippen LogP contribution in [0.3, 0.4) is 0 Å². The molecule has 7 heteroatoms. The molecule has 1 N–H and O–H groups in total. The Hall–Kier alpha value is -2.34. The second-order valence-corrected chi connectivity index (χ2v) is 6.25. The molecule has 0 saturated heterocycles. The number of aromatic nitrogens is 4. The van der Waals surface area contributed by atoms with Crippen molar-refractivity contribution in [3.8, 4) is 17.1 Å². The molecule has 0 spiro atoms. The Morgan fingerprint density at radius 3 is 3.04 bits per heavy atom. The maximum Gasteiger partial charge on any atom is 0.233 e. The predicted molar refractivity (Wildman–Crippen MR) is 89.3 cm³/mol. The van der Waals surface area contributed by atoms with Gasteiger partial charge in [-0.25, -0.2) is 0 Å². The Labute approximate surface area is 144 Å². The van der Waals surface area contributed by atoms with Gasteiger partial charge in [0.2, 0.25) is 11.7 Å². The number of hydrogen-bond donors (Lipinski definition) is 1. The van der Waals surface area contributed by atoms with Gasteiger partial charge < -0.3 is 9.26 Å². The van der Waals surface area contributed by atoms with Gasteiger partial charge in [0.25, 0.3) is 0 Å². The zero-order valence-electron chi connectivity index (χ0n) is 13.3. The normalized spacial score (nSPS) is 13.8. The largest absolute Gasteiger partial charge is 0.494 e. The maximum atomic E-state index is 6.16. The summed E-state index contributed by atoms with van der Waals surface area (Å²) in [5.41, 5.74) is 4.26. The number of fused-ring (bicyclic) bond motifs is 1. The molecule has 0 unspecified atom stereocenters. The van der Waals surface area contributed by atoms with Gasteiger partial charge in [-0.05, 0) is 43.4 Å². The third-order valence-electron chi connectivity index (χ3n) is 4.34. The first-order valence-corrected chi connectivity index (χ1v) is 8.34. The Kier molecular flexibility index (Phi) is 3.98. The molecular formula is C17H17ClN4O2. The summed E-state index contributed by atoms with van der Waals surface area (Å²) in [5.74, 6) is 1.55. The quantitative estimate of drug-likeness (QED) is 0.782. The Bertz CT molecular complexity index is 871. The van der Waals surface area contributed by atoms with Crippen molar-refractivity contribution in [3.63, 3.8) is 0 Å². The van der Waals surface area contributed by atoms with Crippen molar-refractivity contribution in [1.29, 1.82) is 0 Å². The molecular weight excluding hydrogens is 328 g/mol. The van der Waals surface area contributed by atoms with Crippen molar-refractivity contribution < 1.29 is 9.26 Å². The van der Waals surface area contributed by atoms with Crippen molar-refractivity contribution in [3.05, 3.63) is 46.1 Å². The number of aryl methyl sites for hydroxylation is 1. The first kappa shape index (κ1) is 15.2. The van der Waals surface area contributed by atoms with Gasteiger partial charge in [-0.2, -0.15) is 10.1 Å². The fourth-order valence-electron chi connectivity index (χ4n) is 3.17. The first-order valence-electron chi connectivity index (χ1n) is 7.96. The number of benzene rings is 1. The molecule has 0 atom stereocenters. The topological polar surface area (TPSA) is 76.8 Å². The summed E-state index contributed by atoms with van der Waals surface area (Å²) in [6.07, 6.45) is 5.07. The van der Waals surface area contributed by atoms with Crippen LogP contribution >= 0.6 is 11.6 Å². The van der Waals surface area contributed by atoms with Crippen molar-refractivity contribution in [2.45, 2.75) is 32.1 Å². The molecule has 0 radical (unpaired) electrons. The van der Waals surface area contributed by atoms with Crippen LogP contribution in [0.25, 0.3) is 11.4 Å². The van der Waals surface area contributed by atoms with E-state index in [0.717, 1.165) is 18.5 Å². The Balaban J connectivity index is 1.62. The summed E-state index contributed by atoms with van der Waals surface area (Å²) in [6, 6.07) is 5.46. The van der Waals surface area contributed by atoms with Crippen LogP contribution in [0.5, 0.6) is 5.75 Å². The summed E-state index contributed by atoms with van der Waals surface area (Å²) in [5, 5.41) is 12.1. The van der Waals surface area contributed by atoms with E-state index >= 15 is 0 Å². The van der Waals surface area contributed by atoms with Crippen LogP contribution in [0, 0.1) is 0 Å². The van der Waals surface area contributed by atoms with Crippen LogP contribution in [-0.4, -0.2) is 27.4 Å². The van der Waals surface area contributed by atoms with Crippen molar-refractivity contribution >= 4 is 11.6 Å². The van der Waals surface area contributed by atoms with Gasteiger partial charge in [-0.1, -0.05) is 22.8 Å². The number of hydrogen-bond acceptors (Lipinski definition) is 5. The highest BCUT2D eigenvalue weighted by Gasteiger charge is 2.20. The molecule has 3 aromatic rings. The number of ether oxygens (including phenoxy) is 1. The predicted octanol–water partition coefficient (Wildman–Crippen LogP) is 3.59. The number of aromatic amines is 1. The van der Waals surface area contributed by atoms with E-state index in [1.165, 1.54) is 24.1 Å². The average molecular weight is 345 g/mol. The zero-order valence-corrected chi connectivity index (χ0v) is 14.1. The third kappa shape index (κ3) is 2.67. The van der Waals surface area contributed by atoms with Crippen LogP contribution in [0.1, 0.15) is 35.7 Å². The Morgan fingerprint density at radius 2 is 2.17 bits per heavy atom. The van der Waals surface area contributed by atoms with Gasteiger partial charge in [0.1, 0.15) is 5.75 Å². The van der Waals surface area contributed by atoms with Crippen molar-refractivity contribution in [1.82, 2.24) is 20.3 Å². The standard InChI is InChI=1S/C17H17ClN4O2/c1-23-16-11(6-4-7-12(16)18)17-19-15(24-22-17)9-14-10-5-2-3-8-13(10)20-21-14/h4,6-7H,2-3,5,8-9H2,1H3,(H,20,21). The molecule has 4 rings (SSSR count). The lowest BCUT2D eigenvalue weighted by molar-refractivity contribution is 0.383. The molecule has 6 nitrogen and oxygen atoms in total. The lowest BCUT2D eigenvalue weighted by atomic mass is 9.95. The molecule has 124 valence electrons. The van der Waals surface area contributed by atoms with Gasteiger partial charge in [0, 0.05) is 5.69 Å². The average Bonchev–Trinajstić information content (AvgIpc) is 3.23. The van der Waals surface area contributed by atoms with E-state index in [2.05, 4.69) is 20.3 Å². The highest BCUT2D eigenvalue weighted by atomic mass is 35.5. The van der Waals surface area contributed by atoms with Crippen LogP contribution in [0.4, 0.5) is 0 Å². The molecule has 0 bridgehead atoms. The number of H-pyrrole nitrogens is 1. The number of nitrogens with zero attached hydrogens (tertiary/aromatic N) is 3. The summed E-state index contributed by atoms with van der Waals surface area (Å²) in [4.78, 5) is 4.48. The molecule has 1 aromatic carbocycles. The number of halogens is 1. The van der Waals surface area contributed by atoms with E-state index in [1.807, 2.05) is 12.1 Å². The smallest absolute Gasteiger partial charge is 0.233 e. The van der Waals surface area contributed by atoms with Crippen LogP contribution in [0.2, 0.25) is 5.02 Å². The first-order chi connectivity index (χ1) is 11.8. The minimum atomic E-state index is 0.466. The molecule has 2 aromatic heterocycles. The van der Waals surface area contributed by atoms with Crippen LogP contribution in [-0.2, 0) is 19.3 Å². The number of para-hydroxylation sites is 1. The molecule has 0 amide bonds. The Morgan fingerprint density at radius 1 is 1.29 bits per heavy atom. The lowest BCUT2D eigenvalue weighted by Crippen LogP contribution is -2.03. The zero-order chi connectivity index (χ0) is 16.5. The minimum absolute atomic E-state index is 0.466. The molecule has 0 aliphatic heterocycles. The van der Waals surface area contributed by atoms with Gasteiger partial charge in [-0.3, -0.25) is 5.10 Å². The molecule has 2 heterocycles. The van der Waals surface area contributed by atoms with E-state index in [4.69, 9.17) is 20.9 Å². The minimum Gasteiger partial charge on any atom is -0.494 e. The van der Waals surface area contributed by atoms with Crippen molar-refractivity contribution in [2.75, 3.05) is 7.11 Å². The molecule has 1 aliphatic rings. The third-order valence-corrected chi connectivity index (χ3v) is 4.64. The van der Waals surface area contributed by atoms with E-state index in [0.29, 0.717) is 34.5 Å². The van der Waals surface area contributed by atoms with E-state index < -0.39 is 0 Å². The maximum absolute atomic E-state index is 6.16. The van der Waals surface area contributed by atoms with Crippen molar-refractivity contribution in [2.24, 2.45) is 0 Å². The van der Waals surface area contributed by atoms with Crippen LogP contribution in [0.15, 0.2) is 22.7 Å². The summed E-state index contributed by atoms with van der Waals surface area (Å²) < 4.78 is 10.8. The monoisotopic (exact) mass is 344 g/mol. The molecule has 1 aliphatic carbocycles.